The quantitative estimate of drug-likeness (QED) is 0.551. The maximum atomic E-state index is 14.1. The van der Waals surface area contributed by atoms with Crippen LogP contribution in [0.4, 0.5) is 5.69 Å². The lowest BCUT2D eigenvalue weighted by atomic mass is 9.74. The van der Waals surface area contributed by atoms with Gasteiger partial charge in [0.1, 0.15) is 17.4 Å². The van der Waals surface area contributed by atoms with Crippen molar-refractivity contribution in [2.75, 3.05) is 12.4 Å². The Morgan fingerprint density at radius 2 is 1.84 bits per heavy atom. The first-order valence-electron chi connectivity index (χ1n) is 13.5. The third kappa shape index (κ3) is 4.17. The van der Waals surface area contributed by atoms with Crippen LogP contribution in [0.5, 0.6) is 5.75 Å². The molecule has 0 aromatic heterocycles. The summed E-state index contributed by atoms with van der Waals surface area (Å²) in [4.78, 5) is 43.2. The highest BCUT2D eigenvalue weighted by Crippen LogP contribution is 2.55. The molecule has 2 aromatic rings. The van der Waals surface area contributed by atoms with E-state index < -0.39 is 29.6 Å². The minimum atomic E-state index is -1.17. The van der Waals surface area contributed by atoms with Gasteiger partial charge in [-0.3, -0.25) is 14.4 Å². The number of amides is 3. The molecule has 2 saturated heterocycles. The molecule has 1 spiro atoms. The summed E-state index contributed by atoms with van der Waals surface area (Å²) >= 11 is 0. The molecule has 1 aliphatic carbocycles. The van der Waals surface area contributed by atoms with Crippen molar-refractivity contribution in [1.82, 2.24) is 10.2 Å². The molecule has 5 atom stereocenters. The second-order valence-electron chi connectivity index (χ2n) is 10.7. The van der Waals surface area contributed by atoms with Crippen LogP contribution in [0, 0.1) is 11.8 Å². The van der Waals surface area contributed by atoms with Gasteiger partial charge in [-0.05, 0) is 30.5 Å². The molecule has 198 valence electrons. The van der Waals surface area contributed by atoms with Gasteiger partial charge in [0, 0.05) is 24.3 Å². The number of anilines is 1. The molecule has 3 fully saturated rings. The fourth-order valence-electron chi connectivity index (χ4n) is 6.67. The van der Waals surface area contributed by atoms with Crippen LogP contribution >= 0.6 is 0 Å². The van der Waals surface area contributed by atoms with Crippen LogP contribution in [0.2, 0.25) is 0 Å². The molecule has 8 nitrogen and oxygen atoms in total. The van der Waals surface area contributed by atoms with Crippen LogP contribution in [0.1, 0.15) is 37.7 Å². The fourth-order valence-corrected chi connectivity index (χ4v) is 6.67. The van der Waals surface area contributed by atoms with Gasteiger partial charge >= 0.3 is 0 Å². The first kappa shape index (κ1) is 24.7. The number of nitrogens with zero attached hydrogens (tertiary/aromatic N) is 1. The van der Waals surface area contributed by atoms with Crippen molar-refractivity contribution < 1.29 is 23.9 Å². The predicted molar refractivity (Wildman–Crippen MR) is 141 cm³/mol. The third-order valence-electron chi connectivity index (χ3n) is 8.41. The van der Waals surface area contributed by atoms with Gasteiger partial charge in [0.25, 0.3) is 0 Å². The average Bonchev–Trinajstić information content (AvgIpc) is 3.57. The molecule has 38 heavy (non-hydrogen) atoms. The van der Waals surface area contributed by atoms with E-state index in [4.69, 9.17) is 9.47 Å². The number of carbonyl (C=O) groups is 3. The Bertz CT molecular complexity index is 1260. The largest absolute Gasteiger partial charge is 0.497 e. The Hall–Kier alpha value is -3.65. The minimum absolute atomic E-state index is 0.0927. The summed E-state index contributed by atoms with van der Waals surface area (Å²) in [5.41, 5.74) is 0.322. The lowest BCUT2D eigenvalue weighted by Crippen LogP contribution is -2.56. The highest BCUT2D eigenvalue weighted by molar-refractivity contribution is 6.02. The predicted octanol–water partition coefficient (Wildman–Crippen LogP) is 3.43. The number of methoxy groups -OCH3 is 1. The van der Waals surface area contributed by atoms with E-state index >= 15 is 0 Å². The summed E-state index contributed by atoms with van der Waals surface area (Å²) in [5, 5.41) is 6.17. The molecule has 0 radical (unpaired) electrons. The van der Waals surface area contributed by atoms with Crippen molar-refractivity contribution in [1.29, 1.82) is 0 Å². The number of likely N-dealkylation sites (tertiary alicyclic amines) is 1. The van der Waals surface area contributed by atoms with E-state index in [-0.39, 0.29) is 30.3 Å². The molecule has 8 heteroatoms. The average molecular weight is 516 g/mol. The monoisotopic (exact) mass is 515 g/mol. The number of ether oxygens (including phenoxy) is 2. The van der Waals surface area contributed by atoms with E-state index in [1.54, 1.807) is 36.3 Å². The van der Waals surface area contributed by atoms with Gasteiger partial charge in [-0.1, -0.05) is 67.8 Å². The van der Waals surface area contributed by atoms with E-state index in [1.807, 2.05) is 42.5 Å². The van der Waals surface area contributed by atoms with Crippen LogP contribution in [0.3, 0.4) is 0 Å². The molecule has 2 aromatic carbocycles. The summed E-state index contributed by atoms with van der Waals surface area (Å²) in [5.74, 6) is -1.65. The third-order valence-corrected chi connectivity index (χ3v) is 8.41. The van der Waals surface area contributed by atoms with Crippen LogP contribution in [0.25, 0.3) is 0 Å². The maximum absolute atomic E-state index is 14.1. The van der Waals surface area contributed by atoms with Crippen molar-refractivity contribution in [3.63, 3.8) is 0 Å². The minimum Gasteiger partial charge on any atom is -0.497 e. The summed E-state index contributed by atoms with van der Waals surface area (Å²) in [6, 6.07) is 16.0. The lowest BCUT2D eigenvalue weighted by molar-refractivity contribution is -0.142. The van der Waals surface area contributed by atoms with Crippen LogP contribution in [0.15, 0.2) is 66.7 Å². The Kier molecular flexibility index (Phi) is 6.43. The second-order valence-corrected chi connectivity index (χ2v) is 10.7. The number of nitrogens with one attached hydrogen (secondary N) is 2. The van der Waals surface area contributed by atoms with Crippen molar-refractivity contribution in [3.05, 3.63) is 72.3 Å². The molecule has 3 aliphatic heterocycles. The summed E-state index contributed by atoms with van der Waals surface area (Å²) in [7, 11) is 1.57. The summed E-state index contributed by atoms with van der Waals surface area (Å²) in [6.45, 7) is 0.271. The van der Waals surface area contributed by atoms with E-state index in [1.165, 1.54) is 6.42 Å². The number of benzene rings is 2. The standard InChI is InChI=1S/C30H33N3O5/c1-37-22-14-8-13-21(17-22)32-27(34)24-23-15-16-30(38-23)25(24)29(36)33(18-19-9-4-2-5-10-19)26(30)28(35)31-20-11-6-3-7-12-20/h2,4-5,8-10,13-17,20,23-26H,3,6-7,11-12,18H2,1H3,(H,31,35)(H,32,34)/t23-,24+,25-,26+,30-/m0/s1. The van der Waals surface area contributed by atoms with E-state index in [9.17, 15) is 14.4 Å². The Balaban J connectivity index is 1.31. The smallest absolute Gasteiger partial charge is 0.246 e. The zero-order valence-electron chi connectivity index (χ0n) is 21.5. The van der Waals surface area contributed by atoms with Gasteiger partial charge in [0.15, 0.2) is 0 Å². The molecule has 1 saturated carbocycles. The fraction of sp³-hybridized carbons (Fsp3) is 0.433. The maximum Gasteiger partial charge on any atom is 0.246 e. The normalized spacial score (nSPS) is 29.8. The van der Waals surface area contributed by atoms with Gasteiger partial charge in [-0.15, -0.1) is 0 Å². The number of hydrogen-bond donors (Lipinski definition) is 2. The molecule has 3 amide bonds. The zero-order chi connectivity index (χ0) is 26.3. The molecule has 2 bridgehead atoms. The Labute approximate surface area is 222 Å². The topological polar surface area (TPSA) is 97.0 Å². The van der Waals surface area contributed by atoms with Crippen LogP contribution < -0.4 is 15.4 Å². The molecule has 4 aliphatic rings. The van der Waals surface area contributed by atoms with Crippen LogP contribution in [-0.2, 0) is 25.7 Å². The molecular formula is C30H33N3O5. The van der Waals surface area contributed by atoms with Crippen molar-refractivity contribution in [2.45, 2.75) is 62.4 Å². The van der Waals surface area contributed by atoms with Gasteiger partial charge in [0.2, 0.25) is 17.7 Å². The summed E-state index contributed by atoms with van der Waals surface area (Å²) < 4.78 is 11.7. The van der Waals surface area contributed by atoms with E-state index in [2.05, 4.69) is 10.6 Å². The number of hydrogen-bond acceptors (Lipinski definition) is 5. The van der Waals surface area contributed by atoms with Gasteiger partial charge in [0.05, 0.1) is 25.0 Å². The Morgan fingerprint density at radius 1 is 1.05 bits per heavy atom. The Morgan fingerprint density at radius 3 is 2.61 bits per heavy atom. The van der Waals surface area contributed by atoms with E-state index in [0.717, 1.165) is 31.2 Å². The molecule has 0 unspecified atom stereocenters. The highest BCUT2D eigenvalue weighted by Gasteiger charge is 2.72. The highest BCUT2D eigenvalue weighted by atomic mass is 16.5. The SMILES string of the molecule is COc1cccc(NC(=O)[C@@H]2[C@@H]3C=C[C@]4(O3)[C@@H]2C(=O)N(Cc2ccccc2)[C@@H]4C(=O)NC2CCCCC2)c1. The van der Waals surface area contributed by atoms with Gasteiger partial charge < -0.3 is 25.0 Å². The second kappa shape index (κ2) is 9.91. The number of fused-ring (bicyclic) bond motifs is 1. The first-order valence-corrected chi connectivity index (χ1v) is 13.5. The zero-order valence-corrected chi connectivity index (χ0v) is 21.5. The first-order chi connectivity index (χ1) is 18.5. The van der Waals surface area contributed by atoms with Gasteiger partial charge in [-0.2, -0.15) is 0 Å². The molecule has 3 heterocycles. The number of carbonyl (C=O) groups excluding carboxylic acids is 3. The molecular weight excluding hydrogens is 482 g/mol. The molecule has 6 rings (SSSR count). The van der Waals surface area contributed by atoms with Crippen molar-refractivity contribution in [2.24, 2.45) is 11.8 Å². The number of rotatable bonds is 7. The summed E-state index contributed by atoms with van der Waals surface area (Å²) in [6.07, 6.45) is 8.34. The van der Waals surface area contributed by atoms with Crippen molar-refractivity contribution in [3.8, 4) is 5.75 Å². The lowest BCUT2D eigenvalue weighted by Gasteiger charge is -2.34. The van der Waals surface area contributed by atoms with Crippen molar-refractivity contribution >= 4 is 23.4 Å². The van der Waals surface area contributed by atoms with Gasteiger partial charge in [-0.25, -0.2) is 0 Å². The van der Waals surface area contributed by atoms with Crippen LogP contribution in [-0.4, -0.2) is 53.5 Å². The van der Waals surface area contributed by atoms with E-state index in [0.29, 0.717) is 11.4 Å². The molecule has 2 N–H and O–H groups in total.